The fourth-order valence-corrected chi connectivity index (χ4v) is 3.27. The Balaban J connectivity index is 0.000000240. The molecule has 2 heterocycles. The van der Waals surface area contributed by atoms with Crippen molar-refractivity contribution in [2.45, 2.75) is 0 Å². The lowest BCUT2D eigenvalue weighted by Gasteiger charge is -2.25. The van der Waals surface area contributed by atoms with E-state index in [1.54, 1.807) is 24.8 Å². The van der Waals surface area contributed by atoms with Crippen LogP contribution in [0.25, 0.3) is 11.1 Å². The highest BCUT2D eigenvalue weighted by Gasteiger charge is 2.10. The molecule has 33 heavy (non-hydrogen) atoms. The molecular weight excluding hydrogens is 538 g/mol. The molecule has 0 bridgehead atoms. The Labute approximate surface area is 216 Å². The zero-order valence-electron chi connectivity index (χ0n) is 17.9. The Morgan fingerprint density at radius 3 is 0.909 bits per heavy atom. The van der Waals surface area contributed by atoms with Crippen LogP contribution in [0.1, 0.15) is 0 Å². The zero-order valence-corrected chi connectivity index (χ0v) is 21.4. The normalized spacial score (nSPS) is 9.33. The predicted octanol–water partition coefficient (Wildman–Crippen LogP) is 8.46. The van der Waals surface area contributed by atoms with Crippen molar-refractivity contribution >= 4 is 51.0 Å². The summed E-state index contributed by atoms with van der Waals surface area (Å²) in [4.78, 5) is 10.2. The summed E-state index contributed by atoms with van der Waals surface area (Å²) in [7, 11) is 0. The molecule has 0 radical (unpaired) electrons. The van der Waals surface area contributed by atoms with Gasteiger partial charge >= 0.3 is 0 Å². The number of aromatic nitrogens is 2. The molecule has 0 amide bonds. The first-order chi connectivity index (χ1) is 15.4. The smallest absolute Gasteiger partial charge is 0.0461 e. The van der Waals surface area contributed by atoms with Crippen molar-refractivity contribution in [3.63, 3.8) is 0 Å². The fraction of sp³-hybridized carbons (Fsp3) is 0. The van der Waals surface area contributed by atoms with Crippen LogP contribution in [-0.2, 0) is 0 Å². The first kappa shape index (κ1) is 26.0. The van der Waals surface area contributed by atoms with E-state index >= 15 is 0 Å². The third kappa shape index (κ3) is 7.38. The quantitative estimate of drug-likeness (QED) is 0.220. The van der Waals surface area contributed by atoms with Gasteiger partial charge in [-0.25, -0.2) is 0 Å². The van der Waals surface area contributed by atoms with Crippen LogP contribution >= 0.6 is 34.0 Å². The van der Waals surface area contributed by atoms with Crippen LogP contribution in [0.2, 0.25) is 0 Å². The van der Waals surface area contributed by atoms with Crippen molar-refractivity contribution in [1.82, 2.24) is 9.97 Å². The largest absolute Gasteiger partial charge is 0.311 e. The number of hydrogen-bond donors (Lipinski definition) is 0. The minimum Gasteiger partial charge on any atom is -0.311 e. The Kier molecular flexibility index (Phi) is 11.0. The van der Waals surface area contributed by atoms with Crippen molar-refractivity contribution in [3.8, 4) is 11.1 Å². The first-order valence-electron chi connectivity index (χ1n) is 10.2. The van der Waals surface area contributed by atoms with Gasteiger partial charge in [0.05, 0.1) is 0 Å². The molecule has 5 aromatic rings. The number of benzene rings is 3. The Morgan fingerprint density at radius 2 is 0.636 bits per heavy atom. The van der Waals surface area contributed by atoms with Gasteiger partial charge in [0.15, 0.2) is 0 Å². The van der Waals surface area contributed by atoms with Crippen molar-refractivity contribution < 1.29 is 0 Å². The molecule has 0 aliphatic carbocycles. The summed E-state index contributed by atoms with van der Waals surface area (Å²) in [5, 5.41) is 0. The molecule has 0 saturated heterocycles. The SMILES string of the molecule is Br.Br.c1cc(-c2ccncc2)ccn1.c1ccc(N(c2ccccc2)c2ccccc2)cc1. The summed E-state index contributed by atoms with van der Waals surface area (Å²) in [5.41, 5.74) is 5.85. The zero-order chi connectivity index (χ0) is 21.1. The van der Waals surface area contributed by atoms with Gasteiger partial charge in [-0.15, -0.1) is 34.0 Å². The molecule has 3 nitrogen and oxygen atoms in total. The van der Waals surface area contributed by atoms with Crippen LogP contribution in [0.3, 0.4) is 0 Å². The Hall–Kier alpha value is -3.28. The Bertz CT molecular complexity index is 1030. The van der Waals surface area contributed by atoms with E-state index in [4.69, 9.17) is 0 Å². The molecule has 0 spiro atoms. The summed E-state index contributed by atoms with van der Waals surface area (Å²) in [6.45, 7) is 0. The van der Waals surface area contributed by atoms with E-state index in [0.29, 0.717) is 0 Å². The third-order valence-corrected chi connectivity index (χ3v) is 4.74. The molecular formula is C28H25Br2N3. The van der Waals surface area contributed by atoms with E-state index < -0.39 is 0 Å². The van der Waals surface area contributed by atoms with Gasteiger partial charge in [-0.05, 0) is 71.8 Å². The molecule has 0 saturated carbocycles. The molecule has 166 valence electrons. The van der Waals surface area contributed by atoms with Crippen LogP contribution in [-0.4, -0.2) is 9.97 Å². The second-order valence-corrected chi connectivity index (χ2v) is 6.81. The predicted molar refractivity (Wildman–Crippen MR) is 149 cm³/mol. The van der Waals surface area contributed by atoms with Crippen molar-refractivity contribution in [2.75, 3.05) is 4.90 Å². The average Bonchev–Trinajstić information content (AvgIpc) is 2.88. The van der Waals surface area contributed by atoms with Gasteiger partial charge in [-0.3, -0.25) is 9.97 Å². The van der Waals surface area contributed by atoms with E-state index in [1.165, 1.54) is 28.2 Å². The lowest BCUT2D eigenvalue weighted by Crippen LogP contribution is -2.09. The Morgan fingerprint density at radius 1 is 0.364 bits per heavy atom. The summed E-state index contributed by atoms with van der Waals surface area (Å²) in [6.07, 6.45) is 7.15. The number of hydrogen-bond acceptors (Lipinski definition) is 3. The molecule has 5 rings (SSSR count). The first-order valence-corrected chi connectivity index (χ1v) is 10.2. The standard InChI is InChI=1S/C18H15N.C10H8N2.2BrH/c1-4-10-16(11-5-1)19(17-12-6-2-7-13-17)18-14-8-3-9-15-18;1-5-11-6-2-9(1)10-3-7-12-8-4-10;;/h1-15H;1-8H;2*1H. The molecule has 5 heteroatoms. The van der Waals surface area contributed by atoms with Crippen molar-refractivity contribution in [3.05, 3.63) is 140 Å². The second kappa shape index (κ2) is 14.0. The molecule has 0 atom stereocenters. The molecule has 0 N–H and O–H groups in total. The summed E-state index contributed by atoms with van der Waals surface area (Å²) < 4.78 is 0. The van der Waals surface area contributed by atoms with Crippen LogP contribution in [0.5, 0.6) is 0 Å². The average molecular weight is 563 g/mol. The summed E-state index contributed by atoms with van der Waals surface area (Å²) >= 11 is 0. The van der Waals surface area contributed by atoms with Gasteiger partial charge in [0.1, 0.15) is 0 Å². The van der Waals surface area contributed by atoms with Crippen LogP contribution < -0.4 is 4.90 Å². The molecule has 3 aromatic carbocycles. The van der Waals surface area contributed by atoms with Gasteiger partial charge in [-0.2, -0.15) is 0 Å². The van der Waals surface area contributed by atoms with Crippen LogP contribution in [0.15, 0.2) is 140 Å². The lowest BCUT2D eigenvalue weighted by atomic mass is 10.1. The van der Waals surface area contributed by atoms with Gasteiger partial charge in [0.25, 0.3) is 0 Å². The minimum absolute atomic E-state index is 0. The van der Waals surface area contributed by atoms with Crippen molar-refractivity contribution in [2.24, 2.45) is 0 Å². The number of nitrogens with zero attached hydrogens (tertiary/aromatic N) is 3. The van der Waals surface area contributed by atoms with Gasteiger partial charge in [-0.1, -0.05) is 54.6 Å². The van der Waals surface area contributed by atoms with E-state index in [0.717, 1.165) is 0 Å². The van der Waals surface area contributed by atoms with E-state index in [2.05, 4.69) is 87.7 Å². The van der Waals surface area contributed by atoms with Crippen LogP contribution in [0.4, 0.5) is 17.1 Å². The van der Waals surface area contributed by atoms with E-state index in [-0.39, 0.29) is 34.0 Å². The molecule has 0 fully saturated rings. The molecule has 0 aliphatic heterocycles. The molecule has 0 unspecified atom stereocenters. The number of halogens is 2. The highest BCUT2D eigenvalue weighted by Crippen LogP contribution is 2.33. The van der Waals surface area contributed by atoms with Crippen molar-refractivity contribution in [1.29, 1.82) is 0 Å². The van der Waals surface area contributed by atoms with Gasteiger partial charge < -0.3 is 4.90 Å². The monoisotopic (exact) mass is 561 g/mol. The number of rotatable bonds is 4. The van der Waals surface area contributed by atoms with E-state index in [9.17, 15) is 0 Å². The minimum atomic E-state index is 0. The maximum atomic E-state index is 3.96. The lowest BCUT2D eigenvalue weighted by molar-refractivity contribution is 1.28. The summed E-state index contributed by atoms with van der Waals surface area (Å²) in [5.74, 6) is 0. The number of para-hydroxylation sites is 3. The summed E-state index contributed by atoms with van der Waals surface area (Å²) in [6, 6.07) is 39.2. The second-order valence-electron chi connectivity index (χ2n) is 6.81. The molecule has 2 aromatic heterocycles. The maximum absolute atomic E-state index is 3.96. The topological polar surface area (TPSA) is 29.0 Å². The molecule has 0 aliphatic rings. The van der Waals surface area contributed by atoms with Gasteiger partial charge in [0, 0.05) is 41.8 Å². The number of anilines is 3. The third-order valence-electron chi connectivity index (χ3n) is 4.74. The van der Waals surface area contributed by atoms with Gasteiger partial charge in [0.2, 0.25) is 0 Å². The van der Waals surface area contributed by atoms with E-state index in [1.807, 2.05) is 42.5 Å². The number of pyridine rings is 2. The highest BCUT2D eigenvalue weighted by atomic mass is 79.9. The highest BCUT2D eigenvalue weighted by molar-refractivity contribution is 8.93. The van der Waals surface area contributed by atoms with Crippen LogP contribution in [0, 0.1) is 0 Å². The maximum Gasteiger partial charge on any atom is 0.0461 e. The fourth-order valence-electron chi connectivity index (χ4n) is 3.27.